The Balaban J connectivity index is 1.94. The first-order chi connectivity index (χ1) is 13.6. The highest BCUT2D eigenvalue weighted by molar-refractivity contribution is 7.17. The molecule has 0 bridgehead atoms. The lowest BCUT2D eigenvalue weighted by molar-refractivity contribution is -0.141. The summed E-state index contributed by atoms with van der Waals surface area (Å²) < 4.78 is 46.5. The third kappa shape index (κ3) is 4.50. The van der Waals surface area contributed by atoms with E-state index in [4.69, 9.17) is 4.74 Å². The molecule has 0 saturated heterocycles. The van der Waals surface area contributed by atoms with E-state index in [1.54, 1.807) is 24.0 Å². The van der Waals surface area contributed by atoms with Gasteiger partial charge in [0.25, 0.3) is 5.91 Å². The molecule has 0 spiro atoms. The summed E-state index contributed by atoms with van der Waals surface area (Å²) in [5, 5.41) is 3.91. The Morgan fingerprint density at radius 2 is 2.10 bits per heavy atom. The molecule has 156 valence electrons. The van der Waals surface area contributed by atoms with Crippen LogP contribution >= 0.6 is 11.3 Å². The Kier molecular flexibility index (Phi) is 5.78. The lowest BCUT2D eigenvalue weighted by atomic mass is 10.2. The molecule has 0 aliphatic heterocycles. The average Bonchev–Trinajstić information content (AvgIpc) is 3.28. The van der Waals surface area contributed by atoms with Crippen LogP contribution < -0.4 is 4.90 Å². The molecular weight excluding hydrogens is 409 g/mol. The molecule has 29 heavy (non-hydrogen) atoms. The minimum atomic E-state index is -4.84. The zero-order valence-electron chi connectivity index (χ0n) is 16.0. The summed E-state index contributed by atoms with van der Waals surface area (Å²) in [6.45, 7) is 3.26. The number of anilines is 1. The summed E-state index contributed by atoms with van der Waals surface area (Å²) >= 11 is 0.517. The minimum Gasteiger partial charge on any atom is -0.462 e. The standard InChI is InChI=1S/C18H19F3N4O3S/c1-4-28-16(27)14-15(18(19,20)21)23-17(29-14)25(12-6-7-12)13(26)8-5-11-9-22-24(3)10(11)2/h5,8-9,12H,4,6-7H2,1-3H3/b8-5+. The first kappa shape index (κ1) is 21.0. The van der Waals surface area contributed by atoms with Gasteiger partial charge in [-0.2, -0.15) is 18.3 Å². The van der Waals surface area contributed by atoms with Crippen LogP contribution in [0.4, 0.5) is 18.3 Å². The fraction of sp³-hybridized carbons (Fsp3) is 0.444. The lowest BCUT2D eigenvalue weighted by Crippen LogP contribution is -2.31. The van der Waals surface area contributed by atoms with Crippen molar-refractivity contribution in [3.8, 4) is 0 Å². The van der Waals surface area contributed by atoms with Crippen LogP contribution in [-0.2, 0) is 22.8 Å². The molecule has 2 aromatic rings. The predicted octanol–water partition coefficient (Wildman–Crippen LogP) is 3.59. The number of nitrogens with zero attached hydrogens (tertiary/aromatic N) is 4. The zero-order chi connectivity index (χ0) is 21.3. The molecule has 3 rings (SSSR count). The number of aromatic nitrogens is 3. The topological polar surface area (TPSA) is 77.3 Å². The van der Waals surface area contributed by atoms with E-state index < -0.39 is 28.6 Å². The molecule has 0 radical (unpaired) electrons. The molecular formula is C18H19F3N4O3S. The number of thiazole rings is 1. The number of halogens is 3. The number of hydrogen-bond donors (Lipinski definition) is 0. The van der Waals surface area contributed by atoms with Gasteiger partial charge in [-0.15, -0.1) is 0 Å². The Bertz CT molecular complexity index is 960. The molecule has 1 aliphatic carbocycles. The van der Waals surface area contributed by atoms with Crippen LogP contribution in [0.15, 0.2) is 12.3 Å². The molecule has 0 unspecified atom stereocenters. The first-order valence-corrected chi connectivity index (χ1v) is 9.70. The van der Waals surface area contributed by atoms with Crippen LogP contribution in [0.2, 0.25) is 0 Å². The van der Waals surface area contributed by atoms with Gasteiger partial charge in [-0.3, -0.25) is 14.4 Å². The first-order valence-electron chi connectivity index (χ1n) is 8.88. The van der Waals surface area contributed by atoms with Gasteiger partial charge in [0.1, 0.15) is 4.88 Å². The zero-order valence-corrected chi connectivity index (χ0v) is 16.8. The Hall–Kier alpha value is -2.69. The van der Waals surface area contributed by atoms with Gasteiger partial charge in [0.2, 0.25) is 0 Å². The summed E-state index contributed by atoms with van der Waals surface area (Å²) in [5.41, 5.74) is 0.227. The van der Waals surface area contributed by atoms with E-state index in [1.807, 2.05) is 6.92 Å². The number of hydrogen-bond acceptors (Lipinski definition) is 6. The fourth-order valence-electron chi connectivity index (χ4n) is 2.62. The molecule has 1 amide bonds. The van der Waals surface area contributed by atoms with Gasteiger partial charge in [0.15, 0.2) is 10.8 Å². The van der Waals surface area contributed by atoms with Crippen molar-refractivity contribution in [3.63, 3.8) is 0 Å². The molecule has 0 N–H and O–H groups in total. The van der Waals surface area contributed by atoms with Gasteiger partial charge in [-0.05, 0) is 32.8 Å². The maximum absolute atomic E-state index is 13.4. The SMILES string of the molecule is CCOC(=O)c1sc(N(C(=O)/C=C/c2cnn(C)c2C)C2CC2)nc1C(F)(F)F. The van der Waals surface area contributed by atoms with Crippen molar-refractivity contribution in [3.05, 3.63) is 34.1 Å². The smallest absolute Gasteiger partial charge is 0.435 e. The number of amides is 1. The van der Waals surface area contributed by atoms with Gasteiger partial charge in [-0.25, -0.2) is 9.78 Å². The van der Waals surface area contributed by atoms with Crippen molar-refractivity contribution in [2.24, 2.45) is 7.05 Å². The molecule has 1 fully saturated rings. The second-order valence-electron chi connectivity index (χ2n) is 6.47. The van der Waals surface area contributed by atoms with Crippen LogP contribution in [-0.4, -0.2) is 39.3 Å². The number of alkyl halides is 3. The molecule has 2 aromatic heterocycles. The van der Waals surface area contributed by atoms with E-state index in [2.05, 4.69) is 10.1 Å². The van der Waals surface area contributed by atoms with Crippen molar-refractivity contribution < 1.29 is 27.5 Å². The number of rotatable bonds is 6. The maximum Gasteiger partial charge on any atom is 0.435 e. The lowest BCUT2D eigenvalue weighted by Gasteiger charge is -2.17. The summed E-state index contributed by atoms with van der Waals surface area (Å²) in [7, 11) is 1.76. The quantitative estimate of drug-likeness (QED) is 0.519. The number of ether oxygens (including phenoxy) is 1. The highest BCUT2D eigenvalue weighted by Gasteiger charge is 2.43. The summed E-state index contributed by atoms with van der Waals surface area (Å²) in [5.74, 6) is -1.61. The molecule has 11 heteroatoms. The van der Waals surface area contributed by atoms with Crippen molar-refractivity contribution in [1.29, 1.82) is 0 Å². The molecule has 2 heterocycles. The van der Waals surface area contributed by atoms with E-state index in [0.717, 1.165) is 11.3 Å². The van der Waals surface area contributed by atoms with Crippen LogP contribution in [0.3, 0.4) is 0 Å². The van der Waals surface area contributed by atoms with E-state index in [9.17, 15) is 22.8 Å². The number of esters is 1. The van der Waals surface area contributed by atoms with E-state index in [1.165, 1.54) is 17.9 Å². The second kappa shape index (κ2) is 7.97. The van der Waals surface area contributed by atoms with Gasteiger partial charge in [-0.1, -0.05) is 11.3 Å². The molecule has 1 aliphatic rings. The van der Waals surface area contributed by atoms with Gasteiger partial charge in [0, 0.05) is 30.4 Å². The summed E-state index contributed by atoms with van der Waals surface area (Å²) in [4.78, 5) is 28.9. The Morgan fingerprint density at radius 3 is 2.62 bits per heavy atom. The predicted molar refractivity (Wildman–Crippen MR) is 101 cm³/mol. The Morgan fingerprint density at radius 1 is 1.41 bits per heavy atom. The highest BCUT2D eigenvalue weighted by atomic mass is 32.1. The second-order valence-corrected chi connectivity index (χ2v) is 7.45. The van der Waals surface area contributed by atoms with Crippen molar-refractivity contribution in [2.45, 2.75) is 38.9 Å². The largest absolute Gasteiger partial charge is 0.462 e. The van der Waals surface area contributed by atoms with Gasteiger partial charge >= 0.3 is 12.1 Å². The number of aryl methyl sites for hydroxylation is 1. The van der Waals surface area contributed by atoms with Crippen LogP contribution in [0, 0.1) is 6.92 Å². The van der Waals surface area contributed by atoms with Crippen LogP contribution in [0.5, 0.6) is 0 Å². The minimum absolute atomic E-state index is 0.0676. The molecule has 1 saturated carbocycles. The van der Waals surface area contributed by atoms with Crippen molar-refractivity contribution in [1.82, 2.24) is 14.8 Å². The van der Waals surface area contributed by atoms with Crippen LogP contribution in [0.1, 0.15) is 46.4 Å². The van der Waals surface area contributed by atoms with E-state index >= 15 is 0 Å². The van der Waals surface area contributed by atoms with Crippen molar-refractivity contribution >= 4 is 34.4 Å². The van der Waals surface area contributed by atoms with Gasteiger partial charge < -0.3 is 4.74 Å². The molecule has 0 aromatic carbocycles. The highest BCUT2D eigenvalue weighted by Crippen LogP contribution is 2.41. The average molecular weight is 428 g/mol. The normalized spacial score (nSPS) is 14.4. The number of carbonyl (C=O) groups is 2. The molecule has 0 atom stereocenters. The summed E-state index contributed by atoms with van der Waals surface area (Å²) in [6.07, 6.45) is 0.899. The fourth-order valence-corrected chi connectivity index (χ4v) is 3.68. The third-order valence-electron chi connectivity index (χ3n) is 4.38. The van der Waals surface area contributed by atoms with Crippen LogP contribution in [0.25, 0.3) is 6.08 Å². The third-order valence-corrected chi connectivity index (χ3v) is 5.41. The number of carbonyl (C=O) groups excluding carboxylic acids is 2. The monoisotopic (exact) mass is 428 g/mol. The summed E-state index contributed by atoms with van der Waals surface area (Å²) in [6, 6.07) is -0.246. The van der Waals surface area contributed by atoms with Crippen molar-refractivity contribution in [2.75, 3.05) is 11.5 Å². The van der Waals surface area contributed by atoms with E-state index in [-0.39, 0.29) is 17.8 Å². The Labute approximate surface area is 168 Å². The van der Waals surface area contributed by atoms with E-state index in [0.29, 0.717) is 24.2 Å². The van der Waals surface area contributed by atoms with Gasteiger partial charge in [0.05, 0.1) is 12.8 Å². The molecule has 7 nitrogen and oxygen atoms in total. The maximum atomic E-state index is 13.4.